The molecule has 1 aromatic carbocycles. The van der Waals surface area contributed by atoms with E-state index in [2.05, 4.69) is 4.98 Å². The van der Waals surface area contributed by atoms with E-state index in [4.69, 9.17) is 5.73 Å². The first-order valence-electron chi connectivity index (χ1n) is 4.12. The summed E-state index contributed by atoms with van der Waals surface area (Å²) in [6.07, 6.45) is 1.71. The molecule has 0 amide bonds. The van der Waals surface area contributed by atoms with Crippen LogP contribution in [0.4, 0.5) is 0 Å². The molecule has 4 heteroatoms. The maximum atomic E-state index is 11.3. The Morgan fingerprint density at radius 3 is 2.79 bits per heavy atom. The maximum absolute atomic E-state index is 11.3. The lowest BCUT2D eigenvalue weighted by atomic mass is 10.1. The molecule has 4 nitrogen and oxygen atoms in total. The lowest BCUT2D eigenvalue weighted by molar-refractivity contribution is 0.100. The number of nitrogens with two attached hydrogens (primary N) is 1. The van der Waals surface area contributed by atoms with Gasteiger partial charge in [0.1, 0.15) is 0 Å². The van der Waals surface area contributed by atoms with Gasteiger partial charge in [-0.25, -0.2) is 0 Å². The molecule has 0 saturated carbocycles. The van der Waals surface area contributed by atoms with Crippen molar-refractivity contribution < 1.29 is 10.3 Å². The van der Waals surface area contributed by atoms with Crippen molar-refractivity contribution in [1.82, 2.24) is 4.98 Å². The number of para-hydroxylation sites is 1. The zero-order chi connectivity index (χ0) is 9.26. The zero-order valence-electron chi connectivity index (χ0n) is 7.58. The van der Waals surface area contributed by atoms with Crippen LogP contribution >= 0.6 is 0 Å². The largest absolute Gasteiger partial charge is 0.412 e. The Labute approximate surface area is 81.0 Å². The van der Waals surface area contributed by atoms with Crippen LogP contribution in [0.1, 0.15) is 10.4 Å². The highest BCUT2D eigenvalue weighted by molar-refractivity contribution is 6.08. The summed E-state index contributed by atoms with van der Waals surface area (Å²) in [6.45, 7) is 0.0574. The van der Waals surface area contributed by atoms with Gasteiger partial charge in [-0.15, -0.1) is 0 Å². The second-order valence-electron chi connectivity index (χ2n) is 2.88. The number of carbonyl (C=O) groups is 1. The summed E-state index contributed by atoms with van der Waals surface area (Å²) in [5.41, 5.74) is 6.94. The van der Waals surface area contributed by atoms with Gasteiger partial charge in [0.05, 0.1) is 6.54 Å². The van der Waals surface area contributed by atoms with Crippen LogP contribution < -0.4 is 5.73 Å². The Kier molecular flexibility index (Phi) is 3.01. The maximum Gasteiger partial charge on any atom is 0.178 e. The summed E-state index contributed by atoms with van der Waals surface area (Å²) >= 11 is 0. The topological polar surface area (TPSA) is 90.4 Å². The average Bonchev–Trinajstić information content (AvgIpc) is 2.60. The first kappa shape index (κ1) is 10.4. The number of benzene rings is 1. The van der Waals surface area contributed by atoms with Crippen LogP contribution in [0.15, 0.2) is 30.5 Å². The summed E-state index contributed by atoms with van der Waals surface area (Å²) in [6, 6.07) is 7.68. The minimum Gasteiger partial charge on any atom is -0.412 e. The van der Waals surface area contributed by atoms with Gasteiger partial charge < -0.3 is 16.2 Å². The molecule has 0 unspecified atom stereocenters. The van der Waals surface area contributed by atoms with Crippen LogP contribution in [0.25, 0.3) is 10.9 Å². The van der Waals surface area contributed by atoms with Gasteiger partial charge in [-0.1, -0.05) is 18.2 Å². The Bertz CT molecular complexity index is 448. The van der Waals surface area contributed by atoms with E-state index in [1.807, 2.05) is 24.3 Å². The number of carbonyl (C=O) groups excluding carboxylic acids is 1. The molecule has 14 heavy (non-hydrogen) atoms. The Balaban J connectivity index is 0.000000980. The van der Waals surface area contributed by atoms with E-state index in [1.54, 1.807) is 6.20 Å². The van der Waals surface area contributed by atoms with Crippen LogP contribution in [-0.2, 0) is 0 Å². The van der Waals surface area contributed by atoms with Crippen LogP contribution in [0, 0.1) is 0 Å². The fraction of sp³-hybridized carbons (Fsp3) is 0.100. The molecule has 0 aliphatic carbocycles. The smallest absolute Gasteiger partial charge is 0.178 e. The fourth-order valence-electron chi connectivity index (χ4n) is 1.41. The number of hydrogen-bond acceptors (Lipinski definition) is 2. The molecule has 0 saturated heterocycles. The first-order valence-corrected chi connectivity index (χ1v) is 4.12. The predicted octanol–water partition coefficient (Wildman–Crippen LogP) is 0.485. The van der Waals surface area contributed by atoms with Crippen molar-refractivity contribution in [1.29, 1.82) is 0 Å². The fourth-order valence-corrected chi connectivity index (χ4v) is 1.41. The Morgan fingerprint density at radius 1 is 1.36 bits per heavy atom. The van der Waals surface area contributed by atoms with Gasteiger partial charge in [-0.05, 0) is 6.07 Å². The van der Waals surface area contributed by atoms with E-state index in [-0.39, 0.29) is 17.8 Å². The van der Waals surface area contributed by atoms with Gasteiger partial charge in [0.15, 0.2) is 5.78 Å². The number of rotatable bonds is 2. The summed E-state index contributed by atoms with van der Waals surface area (Å²) < 4.78 is 0. The van der Waals surface area contributed by atoms with E-state index in [0.29, 0.717) is 5.56 Å². The summed E-state index contributed by atoms with van der Waals surface area (Å²) in [7, 11) is 0. The van der Waals surface area contributed by atoms with Gasteiger partial charge >= 0.3 is 0 Å². The number of nitrogens with one attached hydrogen (secondary N) is 1. The number of aromatic nitrogens is 1. The molecule has 2 rings (SSSR count). The minimum atomic E-state index is -0.0301. The monoisotopic (exact) mass is 192 g/mol. The second kappa shape index (κ2) is 4.04. The lowest BCUT2D eigenvalue weighted by Gasteiger charge is -1.93. The second-order valence-corrected chi connectivity index (χ2v) is 2.88. The van der Waals surface area contributed by atoms with E-state index in [1.165, 1.54) is 0 Å². The molecule has 1 heterocycles. The van der Waals surface area contributed by atoms with Crippen molar-refractivity contribution in [3.8, 4) is 0 Å². The molecule has 2 aromatic rings. The number of aromatic amines is 1. The molecule has 0 fully saturated rings. The number of ketones is 1. The zero-order valence-corrected chi connectivity index (χ0v) is 7.58. The van der Waals surface area contributed by atoms with Crippen molar-refractivity contribution in [3.63, 3.8) is 0 Å². The molecule has 0 spiro atoms. The van der Waals surface area contributed by atoms with Crippen molar-refractivity contribution in [3.05, 3.63) is 36.0 Å². The minimum absolute atomic E-state index is 0. The molecule has 74 valence electrons. The van der Waals surface area contributed by atoms with Gasteiger partial charge in [0, 0.05) is 22.7 Å². The number of H-pyrrole nitrogens is 1. The molecule has 1 aromatic heterocycles. The number of Topliss-reactive ketones (excluding diaryl/α,β-unsaturated/α-hetero) is 1. The highest BCUT2D eigenvalue weighted by Crippen LogP contribution is 2.17. The van der Waals surface area contributed by atoms with Crippen LogP contribution in [0.3, 0.4) is 0 Å². The van der Waals surface area contributed by atoms with E-state index in [9.17, 15) is 4.79 Å². The van der Waals surface area contributed by atoms with E-state index >= 15 is 0 Å². The standard InChI is InChI=1S/C10H10N2O.H2O/c11-5-10(13)8-6-12-9-4-2-1-3-7(8)9;/h1-4,6,12H,5,11H2;1H2. The SMILES string of the molecule is NCC(=O)c1c[nH]c2ccccc12.O. The van der Waals surface area contributed by atoms with Crippen LogP contribution in [0.2, 0.25) is 0 Å². The lowest BCUT2D eigenvalue weighted by Crippen LogP contribution is -2.12. The van der Waals surface area contributed by atoms with Crippen LogP contribution in [-0.4, -0.2) is 22.8 Å². The Morgan fingerprint density at radius 2 is 2.07 bits per heavy atom. The summed E-state index contributed by atoms with van der Waals surface area (Å²) in [4.78, 5) is 14.4. The molecule has 0 aliphatic rings. The Hall–Kier alpha value is -1.65. The predicted molar refractivity (Wildman–Crippen MR) is 55.3 cm³/mol. The highest BCUT2D eigenvalue weighted by Gasteiger charge is 2.08. The quantitative estimate of drug-likeness (QED) is 0.678. The average molecular weight is 192 g/mol. The van der Waals surface area contributed by atoms with Gasteiger partial charge in [-0.3, -0.25) is 4.79 Å². The molecular weight excluding hydrogens is 180 g/mol. The number of hydrogen-bond donors (Lipinski definition) is 2. The van der Waals surface area contributed by atoms with Crippen molar-refractivity contribution in [2.75, 3.05) is 6.54 Å². The molecule has 5 N–H and O–H groups in total. The summed E-state index contributed by atoms with van der Waals surface area (Å²) in [5.74, 6) is -0.0301. The van der Waals surface area contributed by atoms with Gasteiger partial charge in [-0.2, -0.15) is 0 Å². The molecule has 0 bridgehead atoms. The third-order valence-corrected chi connectivity index (χ3v) is 2.08. The van der Waals surface area contributed by atoms with Crippen molar-refractivity contribution >= 4 is 16.7 Å². The number of fused-ring (bicyclic) bond motifs is 1. The third kappa shape index (κ3) is 1.53. The van der Waals surface area contributed by atoms with E-state index < -0.39 is 0 Å². The van der Waals surface area contributed by atoms with Crippen LogP contribution in [0.5, 0.6) is 0 Å². The summed E-state index contributed by atoms with van der Waals surface area (Å²) in [5, 5.41) is 0.943. The third-order valence-electron chi connectivity index (χ3n) is 2.08. The highest BCUT2D eigenvalue weighted by atomic mass is 16.1. The molecule has 0 radical (unpaired) electrons. The van der Waals surface area contributed by atoms with Crippen molar-refractivity contribution in [2.24, 2.45) is 5.73 Å². The normalized spacial score (nSPS) is 9.79. The van der Waals surface area contributed by atoms with Gasteiger partial charge in [0.2, 0.25) is 0 Å². The van der Waals surface area contributed by atoms with Gasteiger partial charge in [0.25, 0.3) is 0 Å². The molecular formula is C10H12N2O2. The molecule has 0 aliphatic heterocycles. The van der Waals surface area contributed by atoms with E-state index in [0.717, 1.165) is 10.9 Å². The first-order chi connectivity index (χ1) is 6.33. The van der Waals surface area contributed by atoms with Crippen molar-refractivity contribution in [2.45, 2.75) is 0 Å². The molecule has 0 atom stereocenters.